The van der Waals surface area contributed by atoms with Crippen LogP contribution in [-0.4, -0.2) is 22.4 Å². The number of halogens is 3. The zero-order chi connectivity index (χ0) is 18.8. The van der Waals surface area contributed by atoms with Gasteiger partial charge in [-0.1, -0.05) is 34.8 Å². The monoisotopic (exact) mass is 398 g/mol. The van der Waals surface area contributed by atoms with Gasteiger partial charge in [0, 0.05) is 26.2 Å². The molecule has 0 bridgehead atoms. The van der Waals surface area contributed by atoms with Crippen LogP contribution < -0.4 is 5.43 Å². The first-order valence-corrected chi connectivity index (χ1v) is 8.58. The zero-order valence-electron chi connectivity index (χ0n) is 13.9. The number of amides is 2. The highest BCUT2D eigenvalue weighted by molar-refractivity contribution is 6.35. The molecule has 0 radical (unpaired) electrons. The number of nitrogens with one attached hydrogen (secondary N) is 1. The van der Waals surface area contributed by atoms with Gasteiger partial charge >= 0.3 is 0 Å². The SMILES string of the molecule is CC(C)(C)N(NC(=O)c1cc(Cl)cc(Cl)c1)C(=O)c1ccc(Cl)cc1. The third-order valence-electron chi connectivity index (χ3n) is 3.30. The second-order valence-electron chi connectivity index (χ2n) is 6.42. The number of rotatable bonds is 2. The molecule has 0 unspecified atom stereocenters. The minimum atomic E-state index is -0.658. The van der Waals surface area contributed by atoms with Gasteiger partial charge in [-0.15, -0.1) is 0 Å². The van der Waals surface area contributed by atoms with Gasteiger partial charge in [0.2, 0.25) is 0 Å². The lowest BCUT2D eigenvalue weighted by atomic mass is 10.1. The second kappa shape index (κ2) is 7.65. The van der Waals surface area contributed by atoms with E-state index in [-0.39, 0.29) is 11.5 Å². The fraction of sp³-hybridized carbons (Fsp3) is 0.222. The zero-order valence-corrected chi connectivity index (χ0v) is 16.2. The molecular formula is C18H17Cl3N2O2. The van der Waals surface area contributed by atoms with Gasteiger partial charge in [0.15, 0.2) is 0 Å². The number of carbonyl (C=O) groups is 2. The average Bonchev–Trinajstić information content (AvgIpc) is 2.50. The van der Waals surface area contributed by atoms with Crippen LogP contribution in [0.1, 0.15) is 41.5 Å². The molecule has 4 nitrogen and oxygen atoms in total. The summed E-state index contributed by atoms with van der Waals surface area (Å²) >= 11 is 17.7. The Bertz CT molecular complexity index is 779. The lowest BCUT2D eigenvalue weighted by molar-refractivity contribution is 0.0358. The van der Waals surface area contributed by atoms with Crippen molar-refractivity contribution in [3.8, 4) is 0 Å². The van der Waals surface area contributed by atoms with Gasteiger partial charge in [0.1, 0.15) is 0 Å². The summed E-state index contributed by atoms with van der Waals surface area (Å²) in [6.07, 6.45) is 0. The molecule has 0 saturated heterocycles. The van der Waals surface area contributed by atoms with Crippen LogP contribution in [0.3, 0.4) is 0 Å². The summed E-state index contributed by atoms with van der Waals surface area (Å²) in [5.41, 5.74) is 2.64. The Morgan fingerprint density at radius 2 is 1.36 bits per heavy atom. The fourth-order valence-corrected chi connectivity index (χ4v) is 2.75. The van der Waals surface area contributed by atoms with Crippen LogP contribution in [0.4, 0.5) is 0 Å². The van der Waals surface area contributed by atoms with Crippen LogP contribution >= 0.6 is 34.8 Å². The van der Waals surface area contributed by atoms with Crippen LogP contribution in [0, 0.1) is 0 Å². The maximum atomic E-state index is 12.8. The standard InChI is InChI=1S/C18H17Cl3N2O2/c1-18(2,3)23(17(25)11-4-6-13(19)7-5-11)22-16(24)12-8-14(20)10-15(21)9-12/h4-10H,1-3H3,(H,22,24). The normalized spacial score (nSPS) is 11.1. The summed E-state index contributed by atoms with van der Waals surface area (Å²) in [7, 11) is 0. The largest absolute Gasteiger partial charge is 0.272 e. The Morgan fingerprint density at radius 3 is 1.84 bits per heavy atom. The Hall–Kier alpha value is -1.75. The second-order valence-corrected chi connectivity index (χ2v) is 7.73. The highest BCUT2D eigenvalue weighted by atomic mass is 35.5. The molecule has 0 atom stereocenters. The van der Waals surface area contributed by atoms with Gasteiger partial charge in [-0.05, 0) is 63.2 Å². The van der Waals surface area contributed by atoms with E-state index in [1.54, 1.807) is 24.3 Å². The van der Waals surface area contributed by atoms with E-state index in [1.807, 2.05) is 20.8 Å². The first kappa shape index (κ1) is 19.6. The number of carbonyl (C=O) groups excluding carboxylic acids is 2. The Labute approximate surface area is 161 Å². The average molecular weight is 400 g/mol. The van der Waals surface area contributed by atoms with E-state index in [4.69, 9.17) is 34.8 Å². The molecule has 1 N–H and O–H groups in total. The first-order chi connectivity index (χ1) is 11.6. The predicted octanol–water partition coefficient (Wildman–Crippen LogP) is 5.23. The highest BCUT2D eigenvalue weighted by Gasteiger charge is 2.29. The van der Waals surface area contributed by atoms with Crippen molar-refractivity contribution in [2.24, 2.45) is 0 Å². The summed E-state index contributed by atoms with van der Waals surface area (Å²) in [5.74, 6) is -0.840. The van der Waals surface area contributed by atoms with E-state index >= 15 is 0 Å². The summed E-state index contributed by atoms with van der Waals surface area (Å²) < 4.78 is 0. The highest BCUT2D eigenvalue weighted by Crippen LogP contribution is 2.21. The lowest BCUT2D eigenvalue weighted by Gasteiger charge is -2.35. The van der Waals surface area contributed by atoms with Gasteiger partial charge in [-0.3, -0.25) is 15.0 Å². The quantitative estimate of drug-likeness (QED) is 0.703. The molecule has 0 saturated carbocycles. The van der Waals surface area contributed by atoms with Crippen molar-refractivity contribution in [1.82, 2.24) is 10.4 Å². The molecule has 0 heterocycles. The topological polar surface area (TPSA) is 49.4 Å². The van der Waals surface area contributed by atoms with E-state index in [0.29, 0.717) is 20.6 Å². The van der Waals surface area contributed by atoms with E-state index in [9.17, 15) is 9.59 Å². The summed E-state index contributed by atoms with van der Waals surface area (Å²) in [5, 5.41) is 2.47. The minimum absolute atomic E-state index is 0.260. The number of nitrogens with zero attached hydrogens (tertiary/aromatic N) is 1. The van der Waals surface area contributed by atoms with Crippen LogP contribution in [-0.2, 0) is 0 Å². The molecule has 132 valence electrons. The third-order valence-corrected chi connectivity index (χ3v) is 3.99. The van der Waals surface area contributed by atoms with Gasteiger partial charge in [-0.25, -0.2) is 5.01 Å². The predicted molar refractivity (Wildman–Crippen MR) is 101 cm³/mol. The van der Waals surface area contributed by atoms with Crippen LogP contribution in [0.5, 0.6) is 0 Å². The van der Waals surface area contributed by atoms with Gasteiger partial charge in [0.25, 0.3) is 11.8 Å². The fourth-order valence-electron chi connectivity index (χ4n) is 2.10. The van der Waals surface area contributed by atoms with Crippen molar-refractivity contribution in [2.75, 3.05) is 0 Å². The Kier molecular flexibility index (Phi) is 5.99. The summed E-state index contributed by atoms with van der Waals surface area (Å²) in [4.78, 5) is 25.4. The molecular weight excluding hydrogens is 383 g/mol. The van der Waals surface area contributed by atoms with E-state index < -0.39 is 11.4 Å². The molecule has 25 heavy (non-hydrogen) atoms. The van der Waals surface area contributed by atoms with Crippen molar-refractivity contribution in [2.45, 2.75) is 26.3 Å². The maximum absolute atomic E-state index is 12.8. The lowest BCUT2D eigenvalue weighted by Crippen LogP contribution is -2.55. The summed E-state index contributed by atoms with van der Waals surface area (Å²) in [6, 6.07) is 10.9. The molecule has 0 spiro atoms. The third kappa shape index (κ3) is 5.11. The van der Waals surface area contributed by atoms with Crippen molar-refractivity contribution in [3.05, 3.63) is 68.7 Å². The molecule has 2 aromatic carbocycles. The van der Waals surface area contributed by atoms with Gasteiger partial charge in [0.05, 0.1) is 5.54 Å². The summed E-state index contributed by atoms with van der Waals surface area (Å²) in [6.45, 7) is 5.43. The van der Waals surface area contributed by atoms with E-state index in [1.165, 1.54) is 23.2 Å². The van der Waals surface area contributed by atoms with E-state index in [0.717, 1.165) is 0 Å². The molecule has 7 heteroatoms. The number of hydrazine groups is 1. The maximum Gasteiger partial charge on any atom is 0.272 e. The number of hydrogen-bond acceptors (Lipinski definition) is 2. The van der Waals surface area contributed by atoms with Crippen LogP contribution in [0.15, 0.2) is 42.5 Å². The minimum Gasteiger partial charge on any atom is -0.267 e. The molecule has 2 aromatic rings. The van der Waals surface area contributed by atoms with E-state index in [2.05, 4.69) is 5.43 Å². The Balaban J connectivity index is 2.30. The molecule has 2 amide bonds. The molecule has 0 aliphatic heterocycles. The smallest absolute Gasteiger partial charge is 0.267 e. The van der Waals surface area contributed by atoms with Crippen molar-refractivity contribution in [1.29, 1.82) is 0 Å². The Morgan fingerprint density at radius 1 is 0.840 bits per heavy atom. The number of benzene rings is 2. The molecule has 2 rings (SSSR count). The molecule has 0 aliphatic carbocycles. The van der Waals surface area contributed by atoms with Crippen molar-refractivity contribution < 1.29 is 9.59 Å². The van der Waals surface area contributed by atoms with Crippen molar-refractivity contribution in [3.63, 3.8) is 0 Å². The van der Waals surface area contributed by atoms with Gasteiger partial charge < -0.3 is 0 Å². The molecule has 0 aliphatic rings. The van der Waals surface area contributed by atoms with Crippen LogP contribution in [0.2, 0.25) is 15.1 Å². The molecule has 0 aromatic heterocycles. The van der Waals surface area contributed by atoms with Crippen LogP contribution in [0.25, 0.3) is 0 Å². The number of hydrogen-bond donors (Lipinski definition) is 1. The first-order valence-electron chi connectivity index (χ1n) is 7.45. The van der Waals surface area contributed by atoms with Crippen molar-refractivity contribution >= 4 is 46.6 Å². The molecule has 0 fully saturated rings. The van der Waals surface area contributed by atoms with Gasteiger partial charge in [-0.2, -0.15) is 0 Å².